The van der Waals surface area contributed by atoms with Crippen LogP contribution >= 0.6 is 0 Å². The summed E-state index contributed by atoms with van der Waals surface area (Å²) < 4.78 is 5.66. The molecule has 3 aromatic rings. The van der Waals surface area contributed by atoms with Crippen LogP contribution in [0.4, 0.5) is 5.69 Å². The normalized spacial score (nSPS) is 11.1. The van der Waals surface area contributed by atoms with Gasteiger partial charge in [0.1, 0.15) is 11.4 Å². The smallest absolute Gasteiger partial charge is 0.269 e. The molecular formula is C22H27N3O2. The summed E-state index contributed by atoms with van der Waals surface area (Å²) in [6.45, 7) is 4.34. The summed E-state index contributed by atoms with van der Waals surface area (Å²) in [5.41, 5.74) is 5.81. The fourth-order valence-electron chi connectivity index (χ4n) is 3.24. The van der Waals surface area contributed by atoms with Crippen LogP contribution in [0.15, 0.2) is 36.4 Å². The van der Waals surface area contributed by atoms with Crippen LogP contribution in [0.1, 0.15) is 35.8 Å². The molecule has 0 saturated heterocycles. The highest BCUT2D eigenvalue weighted by atomic mass is 16.5. The largest absolute Gasteiger partial charge is 0.496 e. The van der Waals surface area contributed by atoms with Gasteiger partial charge in [-0.15, -0.1) is 0 Å². The van der Waals surface area contributed by atoms with Gasteiger partial charge in [-0.25, -0.2) is 0 Å². The number of hydrogen-bond acceptors (Lipinski definition) is 3. The van der Waals surface area contributed by atoms with E-state index in [-0.39, 0.29) is 5.91 Å². The molecule has 1 heterocycles. The molecule has 2 aromatic carbocycles. The molecule has 0 aliphatic rings. The van der Waals surface area contributed by atoms with Gasteiger partial charge in [0.25, 0.3) is 5.91 Å². The fourth-order valence-corrected chi connectivity index (χ4v) is 3.24. The number of carbonyl (C=O) groups is 1. The molecule has 1 aromatic heterocycles. The van der Waals surface area contributed by atoms with Crippen LogP contribution < -0.4 is 10.1 Å². The summed E-state index contributed by atoms with van der Waals surface area (Å²) in [7, 11) is 7.08. The predicted octanol–water partition coefficient (Wildman–Crippen LogP) is 4.71. The summed E-state index contributed by atoms with van der Waals surface area (Å²) in [5, 5.41) is 4.16. The second-order valence-corrected chi connectivity index (χ2v) is 7.23. The minimum Gasteiger partial charge on any atom is -0.496 e. The highest BCUT2D eigenvalue weighted by Crippen LogP contribution is 2.39. The Morgan fingerprint density at radius 1 is 1.11 bits per heavy atom. The van der Waals surface area contributed by atoms with Crippen LogP contribution in [0.5, 0.6) is 5.75 Å². The third kappa shape index (κ3) is 3.50. The van der Waals surface area contributed by atoms with Crippen molar-refractivity contribution in [2.24, 2.45) is 0 Å². The number of methoxy groups -OCH3 is 1. The maximum absolute atomic E-state index is 12.4. The van der Waals surface area contributed by atoms with Gasteiger partial charge in [0.2, 0.25) is 0 Å². The topological polar surface area (TPSA) is 57.4 Å². The van der Waals surface area contributed by atoms with Gasteiger partial charge in [0.15, 0.2) is 0 Å². The Bertz CT molecular complexity index is 987. The van der Waals surface area contributed by atoms with Crippen LogP contribution in [0.25, 0.3) is 22.0 Å². The monoisotopic (exact) mass is 365 g/mol. The van der Waals surface area contributed by atoms with E-state index in [0.29, 0.717) is 11.6 Å². The lowest BCUT2D eigenvalue weighted by Gasteiger charge is -2.14. The fraction of sp³-hybridized carbons (Fsp3) is 0.318. The Morgan fingerprint density at radius 3 is 2.44 bits per heavy atom. The Kier molecular flexibility index (Phi) is 5.13. The molecular weight excluding hydrogens is 338 g/mol. The van der Waals surface area contributed by atoms with Crippen molar-refractivity contribution in [1.82, 2.24) is 9.88 Å². The Morgan fingerprint density at radius 2 is 1.85 bits per heavy atom. The van der Waals surface area contributed by atoms with Crippen molar-refractivity contribution in [2.75, 3.05) is 33.6 Å². The second-order valence-electron chi connectivity index (χ2n) is 7.23. The molecule has 0 unspecified atom stereocenters. The van der Waals surface area contributed by atoms with Crippen LogP contribution in [0, 0.1) is 0 Å². The molecule has 0 fully saturated rings. The average molecular weight is 365 g/mol. The van der Waals surface area contributed by atoms with E-state index >= 15 is 0 Å². The minimum absolute atomic E-state index is 0.0410. The number of carbonyl (C=O) groups excluding carboxylic acids is 1. The van der Waals surface area contributed by atoms with Gasteiger partial charge in [-0.2, -0.15) is 0 Å². The Labute approximate surface area is 160 Å². The van der Waals surface area contributed by atoms with Gasteiger partial charge < -0.3 is 19.9 Å². The van der Waals surface area contributed by atoms with Gasteiger partial charge in [0.05, 0.1) is 7.11 Å². The highest BCUT2D eigenvalue weighted by molar-refractivity contribution is 6.04. The zero-order valence-corrected chi connectivity index (χ0v) is 16.8. The number of fused-ring (bicyclic) bond motifs is 1. The summed E-state index contributed by atoms with van der Waals surface area (Å²) in [6.07, 6.45) is 0. The molecule has 5 nitrogen and oxygen atoms in total. The first-order valence-electron chi connectivity index (χ1n) is 9.10. The maximum Gasteiger partial charge on any atom is 0.269 e. The van der Waals surface area contributed by atoms with Crippen LogP contribution in [0.3, 0.4) is 0 Å². The quantitative estimate of drug-likeness (QED) is 0.688. The van der Waals surface area contributed by atoms with Gasteiger partial charge in [-0.3, -0.25) is 4.79 Å². The van der Waals surface area contributed by atoms with Crippen molar-refractivity contribution >= 4 is 22.5 Å². The van der Waals surface area contributed by atoms with Crippen molar-refractivity contribution in [3.63, 3.8) is 0 Å². The molecule has 1 amide bonds. The third-order valence-electron chi connectivity index (χ3n) is 4.84. The number of aromatic amines is 1. The van der Waals surface area contributed by atoms with E-state index in [1.807, 2.05) is 25.2 Å². The van der Waals surface area contributed by atoms with E-state index < -0.39 is 0 Å². The van der Waals surface area contributed by atoms with Gasteiger partial charge in [-0.1, -0.05) is 19.9 Å². The lowest BCUT2D eigenvalue weighted by Crippen LogP contribution is -2.21. The zero-order valence-electron chi connectivity index (χ0n) is 16.8. The molecule has 0 aliphatic heterocycles. The third-order valence-corrected chi connectivity index (χ3v) is 4.84. The van der Waals surface area contributed by atoms with E-state index in [4.69, 9.17) is 4.74 Å². The first kappa shape index (κ1) is 18.8. The Balaban J connectivity index is 2.29. The van der Waals surface area contributed by atoms with Gasteiger partial charge in [0, 0.05) is 49.4 Å². The number of amides is 1. The molecule has 142 valence electrons. The van der Waals surface area contributed by atoms with E-state index in [2.05, 4.69) is 42.3 Å². The molecule has 5 heteroatoms. The molecule has 3 rings (SSSR count). The van der Waals surface area contributed by atoms with Crippen molar-refractivity contribution in [3.8, 4) is 16.9 Å². The number of nitrogens with one attached hydrogen (secondary N) is 2. The number of anilines is 1. The van der Waals surface area contributed by atoms with Crippen LogP contribution in [-0.2, 0) is 0 Å². The number of rotatable bonds is 5. The van der Waals surface area contributed by atoms with E-state index in [9.17, 15) is 4.79 Å². The van der Waals surface area contributed by atoms with Crippen LogP contribution in [0.2, 0.25) is 0 Å². The summed E-state index contributed by atoms with van der Waals surface area (Å²) >= 11 is 0. The Hall–Kier alpha value is -2.95. The lowest BCUT2D eigenvalue weighted by molar-refractivity contribution is 0.0823. The first-order valence-corrected chi connectivity index (χ1v) is 9.10. The molecule has 0 saturated carbocycles. The predicted molar refractivity (Wildman–Crippen MR) is 112 cm³/mol. The molecule has 27 heavy (non-hydrogen) atoms. The first-order chi connectivity index (χ1) is 12.8. The molecule has 0 aliphatic carbocycles. The van der Waals surface area contributed by atoms with Gasteiger partial charge >= 0.3 is 0 Å². The number of ether oxygens (including phenoxy) is 1. The molecule has 0 spiro atoms. The van der Waals surface area contributed by atoms with Crippen molar-refractivity contribution in [3.05, 3.63) is 47.7 Å². The van der Waals surface area contributed by atoms with E-state index in [0.717, 1.165) is 33.5 Å². The summed E-state index contributed by atoms with van der Waals surface area (Å²) in [4.78, 5) is 17.3. The SMILES string of the molecule is CNc1ccc(-c2cc(C(C)C)cc3[nH]c(C(=O)N(C)C)cc23)c(OC)c1. The number of hydrogen-bond donors (Lipinski definition) is 2. The number of aromatic nitrogens is 1. The summed E-state index contributed by atoms with van der Waals surface area (Å²) in [6, 6.07) is 12.3. The number of nitrogens with zero attached hydrogens (tertiary/aromatic N) is 1. The molecule has 0 radical (unpaired) electrons. The van der Waals surface area contributed by atoms with E-state index in [1.54, 1.807) is 26.1 Å². The second kappa shape index (κ2) is 7.35. The standard InChI is InChI=1S/C22H27N3O2/c1-13(2)14-9-17(16-8-7-15(23-3)11-21(16)27-6)18-12-20(22(26)25(4)5)24-19(18)10-14/h7-13,23-24H,1-6H3. The molecule has 0 bridgehead atoms. The van der Waals surface area contributed by atoms with Gasteiger partial charge in [-0.05, 0) is 41.3 Å². The van der Waals surface area contributed by atoms with Crippen LogP contribution in [-0.4, -0.2) is 44.0 Å². The van der Waals surface area contributed by atoms with E-state index in [1.165, 1.54) is 5.56 Å². The number of benzene rings is 2. The average Bonchev–Trinajstić information content (AvgIpc) is 3.09. The zero-order chi connectivity index (χ0) is 19.7. The summed E-state index contributed by atoms with van der Waals surface area (Å²) in [5.74, 6) is 1.12. The maximum atomic E-state index is 12.4. The van der Waals surface area contributed by atoms with Crippen molar-refractivity contribution in [1.29, 1.82) is 0 Å². The molecule has 2 N–H and O–H groups in total. The van der Waals surface area contributed by atoms with Crippen molar-refractivity contribution < 1.29 is 9.53 Å². The molecule has 0 atom stereocenters. The van der Waals surface area contributed by atoms with Crippen molar-refractivity contribution in [2.45, 2.75) is 19.8 Å². The minimum atomic E-state index is -0.0410. The number of H-pyrrole nitrogens is 1. The lowest BCUT2D eigenvalue weighted by atomic mass is 9.93. The highest BCUT2D eigenvalue weighted by Gasteiger charge is 2.18.